The molecule has 0 radical (unpaired) electrons. The number of hydrogen-bond acceptors (Lipinski definition) is 5. The Morgan fingerprint density at radius 3 is 2.50 bits per heavy atom. The average Bonchev–Trinajstić information content (AvgIpc) is 2.73. The van der Waals surface area contributed by atoms with Gasteiger partial charge in [-0.3, -0.25) is 4.98 Å². The molecule has 5 nitrogen and oxygen atoms in total. The Balaban J connectivity index is 1.63. The number of para-hydroxylation sites is 1. The molecule has 0 aliphatic heterocycles. The van der Waals surface area contributed by atoms with E-state index in [1.165, 1.54) is 5.56 Å². The summed E-state index contributed by atoms with van der Waals surface area (Å²) >= 11 is 0. The maximum atomic E-state index is 4.77. The topological polar surface area (TPSA) is 53.9 Å². The first-order chi connectivity index (χ1) is 13.7. The lowest BCUT2D eigenvalue weighted by molar-refractivity contribution is 0.672. The van der Waals surface area contributed by atoms with E-state index in [1.807, 2.05) is 42.5 Å². The zero-order valence-electron chi connectivity index (χ0n) is 16.1. The minimum absolute atomic E-state index is 0.308. The van der Waals surface area contributed by atoms with Gasteiger partial charge < -0.3 is 10.2 Å². The molecular weight excluding hydrogens is 346 g/mol. The van der Waals surface area contributed by atoms with Crippen LogP contribution in [0.5, 0.6) is 0 Å². The second-order valence-corrected chi connectivity index (χ2v) is 6.95. The highest BCUT2D eigenvalue weighted by Crippen LogP contribution is 2.24. The van der Waals surface area contributed by atoms with Crippen molar-refractivity contribution in [2.45, 2.75) is 26.4 Å². The van der Waals surface area contributed by atoms with Crippen LogP contribution < -0.4 is 10.2 Å². The molecule has 0 aliphatic carbocycles. The van der Waals surface area contributed by atoms with Gasteiger partial charge in [0, 0.05) is 30.4 Å². The molecule has 0 unspecified atom stereocenters. The van der Waals surface area contributed by atoms with E-state index in [9.17, 15) is 0 Å². The Morgan fingerprint density at radius 2 is 1.68 bits per heavy atom. The Kier molecular flexibility index (Phi) is 5.15. The van der Waals surface area contributed by atoms with Crippen molar-refractivity contribution in [1.29, 1.82) is 0 Å². The molecule has 0 fully saturated rings. The molecule has 0 saturated carbocycles. The van der Waals surface area contributed by atoms with Crippen LogP contribution in [-0.2, 0) is 6.54 Å². The smallest absolute Gasteiger partial charge is 0.229 e. The summed E-state index contributed by atoms with van der Waals surface area (Å²) in [5.74, 6) is 1.46. The fourth-order valence-electron chi connectivity index (χ4n) is 3.20. The largest absolute Gasteiger partial charge is 0.350 e. The minimum atomic E-state index is 0.308. The molecule has 0 spiro atoms. The van der Waals surface area contributed by atoms with E-state index in [4.69, 9.17) is 4.98 Å². The van der Waals surface area contributed by atoms with Crippen molar-refractivity contribution in [3.8, 4) is 0 Å². The number of hydrogen-bond donors (Lipinski definition) is 1. The summed E-state index contributed by atoms with van der Waals surface area (Å²) in [5.41, 5.74) is 3.06. The van der Waals surface area contributed by atoms with Crippen LogP contribution in [0.1, 0.15) is 19.4 Å². The number of aromatic nitrogens is 3. The second kappa shape index (κ2) is 8.05. The van der Waals surface area contributed by atoms with Gasteiger partial charge in [0.05, 0.1) is 11.2 Å². The highest BCUT2D eigenvalue weighted by molar-refractivity contribution is 5.91. The Morgan fingerprint density at radius 1 is 0.857 bits per heavy atom. The van der Waals surface area contributed by atoms with Gasteiger partial charge in [0.25, 0.3) is 0 Å². The van der Waals surface area contributed by atoms with Gasteiger partial charge in [0.15, 0.2) is 0 Å². The van der Waals surface area contributed by atoms with E-state index in [-0.39, 0.29) is 0 Å². The first-order valence-electron chi connectivity index (χ1n) is 9.45. The molecule has 0 amide bonds. The summed E-state index contributed by atoms with van der Waals surface area (Å²) in [7, 11) is 0. The van der Waals surface area contributed by atoms with Crippen LogP contribution >= 0.6 is 0 Å². The highest BCUT2D eigenvalue weighted by atomic mass is 15.2. The van der Waals surface area contributed by atoms with Gasteiger partial charge in [0.2, 0.25) is 5.95 Å². The number of rotatable bonds is 6. The fourth-order valence-corrected chi connectivity index (χ4v) is 3.20. The van der Waals surface area contributed by atoms with Gasteiger partial charge in [-0.05, 0) is 37.6 Å². The molecule has 140 valence electrons. The van der Waals surface area contributed by atoms with Gasteiger partial charge >= 0.3 is 0 Å². The monoisotopic (exact) mass is 369 g/mol. The Hall–Kier alpha value is -3.47. The standard InChI is InChI=1S/C23H23N5/c1-17(2)28(16-18-8-4-3-5-9-18)21-13-15-25-23(27-21)26-20-12-6-10-19-11-7-14-24-22(19)20/h3-15,17H,16H2,1-2H3,(H,25,26,27). The zero-order valence-corrected chi connectivity index (χ0v) is 16.1. The van der Waals surface area contributed by atoms with Gasteiger partial charge in [-0.15, -0.1) is 0 Å². The Labute approximate surface area is 165 Å². The summed E-state index contributed by atoms with van der Waals surface area (Å²) in [6, 6.07) is 22.7. The van der Waals surface area contributed by atoms with Crippen LogP contribution in [0.2, 0.25) is 0 Å². The van der Waals surface area contributed by atoms with E-state index in [0.29, 0.717) is 12.0 Å². The molecule has 2 aromatic heterocycles. The number of benzene rings is 2. The van der Waals surface area contributed by atoms with Crippen LogP contribution in [0.15, 0.2) is 79.1 Å². The third-order valence-electron chi connectivity index (χ3n) is 4.63. The highest BCUT2D eigenvalue weighted by Gasteiger charge is 2.14. The van der Waals surface area contributed by atoms with Crippen LogP contribution in [-0.4, -0.2) is 21.0 Å². The van der Waals surface area contributed by atoms with Crippen molar-refractivity contribution in [1.82, 2.24) is 15.0 Å². The van der Waals surface area contributed by atoms with Crippen molar-refractivity contribution in [3.05, 3.63) is 84.7 Å². The van der Waals surface area contributed by atoms with Gasteiger partial charge in [-0.25, -0.2) is 4.98 Å². The average molecular weight is 369 g/mol. The number of anilines is 3. The molecule has 2 heterocycles. The fraction of sp³-hybridized carbons (Fsp3) is 0.174. The third-order valence-corrected chi connectivity index (χ3v) is 4.63. The van der Waals surface area contributed by atoms with E-state index in [1.54, 1.807) is 12.4 Å². The molecule has 1 N–H and O–H groups in total. The van der Waals surface area contributed by atoms with E-state index in [0.717, 1.165) is 29.0 Å². The number of nitrogens with one attached hydrogen (secondary N) is 1. The summed E-state index contributed by atoms with van der Waals surface area (Å²) < 4.78 is 0. The summed E-state index contributed by atoms with van der Waals surface area (Å²) in [6.45, 7) is 5.14. The van der Waals surface area contributed by atoms with Crippen molar-refractivity contribution < 1.29 is 0 Å². The zero-order chi connectivity index (χ0) is 19.3. The van der Waals surface area contributed by atoms with E-state index < -0.39 is 0 Å². The number of nitrogens with zero attached hydrogens (tertiary/aromatic N) is 4. The Bertz CT molecular complexity index is 1060. The first kappa shape index (κ1) is 17.9. The van der Waals surface area contributed by atoms with Crippen molar-refractivity contribution in [2.75, 3.05) is 10.2 Å². The summed E-state index contributed by atoms with van der Waals surface area (Å²) in [4.78, 5) is 15.9. The summed E-state index contributed by atoms with van der Waals surface area (Å²) in [6.07, 6.45) is 3.59. The van der Waals surface area contributed by atoms with Crippen LogP contribution in [0.3, 0.4) is 0 Å². The van der Waals surface area contributed by atoms with Crippen molar-refractivity contribution in [2.24, 2.45) is 0 Å². The second-order valence-electron chi connectivity index (χ2n) is 6.95. The molecule has 28 heavy (non-hydrogen) atoms. The summed E-state index contributed by atoms with van der Waals surface area (Å²) in [5, 5.41) is 4.41. The lowest BCUT2D eigenvalue weighted by Crippen LogP contribution is -2.31. The first-order valence-corrected chi connectivity index (χ1v) is 9.45. The lowest BCUT2D eigenvalue weighted by Gasteiger charge is -2.28. The molecule has 0 aliphatic rings. The normalized spacial score (nSPS) is 11.0. The lowest BCUT2D eigenvalue weighted by atomic mass is 10.2. The predicted molar refractivity (Wildman–Crippen MR) is 115 cm³/mol. The van der Waals surface area contributed by atoms with Gasteiger partial charge in [0.1, 0.15) is 5.82 Å². The van der Waals surface area contributed by atoms with Crippen LogP contribution in [0, 0.1) is 0 Å². The number of fused-ring (bicyclic) bond motifs is 1. The molecule has 4 rings (SSSR count). The van der Waals surface area contributed by atoms with Gasteiger partial charge in [-0.2, -0.15) is 4.98 Å². The van der Waals surface area contributed by atoms with Crippen LogP contribution in [0.25, 0.3) is 10.9 Å². The molecule has 0 saturated heterocycles. The molecule has 4 aromatic rings. The quantitative estimate of drug-likeness (QED) is 0.507. The maximum absolute atomic E-state index is 4.77. The maximum Gasteiger partial charge on any atom is 0.229 e. The molecule has 2 aromatic carbocycles. The minimum Gasteiger partial charge on any atom is -0.350 e. The molecule has 0 atom stereocenters. The molecular formula is C23H23N5. The molecule has 5 heteroatoms. The van der Waals surface area contributed by atoms with Crippen LogP contribution in [0.4, 0.5) is 17.5 Å². The van der Waals surface area contributed by atoms with E-state index >= 15 is 0 Å². The number of pyridine rings is 1. The molecule has 0 bridgehead atoms. The van der Waals surface area contributed by atoms with Gasteiger partial charge in [-0.1, -0.05) is 48.5 Å². The van der Waals surface area contributed by atoms with Crippen molar-refractivity contribution in [3.63, 3.8) is 0 Å². The third kappa shape index (κ3) is 3.93. The van der Waals surface area contributed by atoms with Crippen molar-refractivity contribution >= 4 is 28.4 Å². The predicted octanol–water partition coefficient (Wildman–Crippen LogP) is 5.18. The SMILES string of the molecule is CC(C)N(Cc1ccccc1)c1ccnc(Nc2cccc3cccnc23)n1. The van der Waals surface area contributed by atoms with E-state index in [2.05, 4.69) is 58.3 Å².